The van der Waals surface area contributed by atoms with E-state index in [1.807, 2.05) is 13.8 Å². The van der Waals surface area contributed by atoms with Crippen molar-refractivity contribution in [1.29, 1.82) is 0 Å². The lowest BCUT2D eigenvalue weighted by molar-refractivity contribution is -0.153. The maximum Gasteiger partial charge on any atom is 0.315 e. The molecule has 4 heteroatoms. The van der Waals surface area contributed by atoms with Crippen LogP contribution in [0.1, 0.15) is 106 Å². The second-order valence-electron chi connectivity index (χ2n) is 13.5. The first-order valence-electron chi connectivity index (χ1n) is 14.2. The number of carbonyl (C=O) groups excluding carboxylic acids is 2. The van der Waals surface area contributed by atoms with Gasteiger partial charge in [-0.3, -0.25) is 9.59 Å². The van der Waals surface area contributed by atoms with Crippen molar-refractivity contribution in [2.45, 2.75) is 106 Å². The summed E-state index contributed by atoms with van der Waals surface area (Å²) in [6, 6.07) is 0. The molecule has 35 heavy (non-hydrogen) atoms. The van der Waals surface area contributed by atoms with Crippen LogP contribution in [0.15, 0.2) is 11.6 Å². The van der Waals surface area contributed by atoms with Crippen LogP contribution in [0, 0.1) is 51.8 Å². The smallest absolute Gasteiger partial charge is 0.315 e. The quantitative estimate of drug-likeness (QED) is 0.248. The van der Waals surface area contributed by atoms with Gasteiger partial charge in [0.05, 0.1) is 26.1 Å². The van der Waals surface area contributed by atoms with Crippen molar-refractivity contribution in [3.8, 4) is 0 Å². The van der Waals surface area contributed by atoms with Gasteiger partial charge < -0.3 is 9.47 Å². The largest absolute Gasteiger partial charge is 0.469 e. The molecule has 7 atom stereocenters. The van der Waals surface area contributed by atoms with Gasteiger partial charge in [-0.1, -0.05) is 65.5 Å². The van der Waals surface area contributed by atoms with Gasteiger partial charge in [-0.05, 0) is 86.9 Å². The van der Waals surface area contributed by atoms with Crippen molar-refractivity contribution in [2.75, 3.05) is 14.2 Å². The molecule has 0 unspecified atom stereocenters. The molecule has 2 fully saturated rings. The number of esters is 2. The van der Waals surface area contributed by atoms with Gasteiger partial charge in [0.15, 0.2) is 0 Å². The van der Waals surface area contributed by atoms with Crippen molar-refractivity contribution in [2.24, 2.45) is 51.8 Å². The van der Waals surface area contributed by atoms with Crippen LogP contribution in [-0.4, -0.2) is 26.2 Å². The molecule has 0 heterocycles. The van der Waals surface area contributed by atoms with Gasteiger partial charge in [-0.25, -0.2) is 0 Å². The summed E-state index contributed by atoms with van der Waals surface area (Å²) in [5.74, 6) is 3.58. The van der Waals surface area contributed by atoms with E-state index in [9.17, 15) is 9.59 Å². The summed E-state index contributed by atoms with van der Waals surface area (Å²) in [7, 11) is 2.93. The van der Waals surface area contributed by atoms with Crippen LogP contribution in [-0.2, 0) is 19.1 Å². The predicted octanol–water partition coefficient (Wildman–Crippen LogP) is 7.61. The minimum Gasteiger partial charge on any atom is -0.469 e. The lowest BCUT2D eigenvalue weighted by Crippen LogP contribution is -2.52. The fourth-order valence-electron chi connectivity index (χ4n) is 9.05. The molecule has 4 nitrogen and oxygen atoms in total. The molecule has 0 spiro atoms. The van der Waals surface area contributed by atoms with E-state index in [0.29, 0.717) is 29.6 Å². The zero-order valence-electron chi connectivity index (χ0n) is 24.0. The topological polar surface area (TPSA) is 52.6 Å². The van der Waals surface area contributed by atoms with E-state index in [-0.39, 0.29) is 11.9 Å². The summed E-state index contributed by atoms with van der Waals surface area (Å²) in [4.78, 5) is 25.5. The van der Waals surface area contributed by atoms with Gasteiger partial charge in [0, 0.05) is 5.41 Å². The maximum absolute atomic E-state index is 12.8. The summed E-state index contributed by atoms with van der Waals surface area (Å²) in [6.07, 6.45) is 12.6. The highest BCUT2D eigenvalue weighted by atomic mass is 16.5. The van der Waals surface area contributed by atoms with E-state index in [4.69, 9.17) is 9.47 Å². The van der Waals surface area contributed by atoms with Crippen LogP contribution >= 0.6 is 0 Å². The van der Waals surface area contributed by atoms with Gasteiger partial charge in [-0.2, -0.15) is 0 Å². The molecule has 0 amide bonds. The van der Waals surface area contributed by atoms with Crippen LogP contribution in [0.5, 0.6) is 0 Å². The van der Waals surface area contributed by atoms with Crippen LogP contribution in [0.25, 0.3) is 0 Å². The monoisotopic (exact) mass is 488 g/mol. The summed E-state index contributed by atoms with van der Waals surface area (Å²) in [5.41, 5.74) is 0.305. The summed E-state index contributed by atoms with van der Waals surface area (Å²) >= 11 is 0. The summed E-state index contributed by atoms with van der Waals surface area (Å²) in [5, 5.41) is 0. The van der Waals surface area contributed by atoms with E-state index >= 15 is 0 Å². The third-order valence-electron chi connectivity index (χ3n) is 10.8. The highest BCUT2D eigenvalue weighted by molar-refractivity contribution is 5.81. The van der Waals surface area contributed by atoms with Crippen LogP contribution in [0.3, 0.4) is 0 Å². The minimum atomic E-state index is -0.758. The molecule has 0 aromatic rings. The van der Waals surface area contributed by atoms with Crippen molar-refractivity contribution >= 4 is 11.9 Å². The van der Waals surface area contributed by atoms with Crippen molar-refractivity contribution < 1.29 is 19.1 Å². The highest BCUT2D eigenvalue weighted by Crippen LogP contribution is 2.67. The van der Waals surface area contributed by atoms with E-state index in [0.717, 1.165) is 36.2 Å². The normalized spacial score (nSPS) is 35.7. The Labute approximate surface area is 215 Å². The van der Waals surface area contributed by atoms with Gasteiger partial charge in [0.25, 0.3) is 0 Å². The molecule has 3 rings (SSSR count). The average molecular weight is 489 g/mol. The van der Waals surface area contributed by atoms with E-state index < -0.39 is 10.8 Å². The van der Waals surface area contributed by atoms with Crippen molar-refractivity contribution in [1.82, 2.24) is 0 Å². The van der Waals surface area contributed by atoms with Crippen molar-refractivity contribution in [3.63, 3.8) is 0 Å². The molecule has 0 bridgehead atoms. The van der Waals surface area contributed by atoms with Gasteiger partial charge in [0.1, 0.15) is 0 Å². The summed E-state index contributed by atoms with van der Waals surface area (Å²) < 4.78 is 10.4. The predicted molar refractivity (Wildman–Crippen MR) is 142 cm³/mol. The average Bonchev–Trinajstić information content (AvgIpc) is 3.15. The fraction of sp³-hybridized carbons (Fsp3) is 0.871. The first kappa shape index (κ1) is 28.3. The Morgan fingerprint density at radius 1 is 1.03 bits per heavy atom. The second kappa shape index (κ2) is 10.6. The Morgan fingerprint density at radius 3 is 2.31 bits per heavy atom. The molecule has 2 saturated carbocycles. The zero-order chi connectivity index (χ0) is 26.2. The number of carbonyl (C=O) groups is 2. The lowest BCUT2D eigenvalue weighted by atomic mass is 9.46. The molecule has 0 aromatic carbocycles. The Morgan fingerprint density at radius 2 is 1.71 bits per heavy atom. The highest BCUT2D eigenvalue weighted by Gasteiger charge is 2.60. The Hall–Kier alpha value is -1.32. The molecule has 3 aliphatic rings. The van der Waals surface area contributed by atoms with E-state index in [2.05, 4.69) is 40.7 Å². The van der Waals surface area contributed by atoms with Crippen LogP contribution in [0.2, 0.25) is 0 Å². The van der Waals surface area contributed by atoms with E-state index in [1.54, 1.807) is 0 Å². The van der Waals surface area contributed by atoms with Gasteiger partial charge >= 0.3 is 11.9 Å². The number of allylic oxidation sites excluding steroid dienone is 1. The first-order chi connectivity index (χ1) is 16.3. The molecule has 0 radical (unpaired) electrons. The van der Waals surface area contributed by atoms with Crippen molar-refractivity contribution in [3.05, 3.63) is 11.6 Å². The van der Waals surface area contributed by atoms with Crippen LogP contribution < -0.4 is 0 Å². The second-order valence-corrected chi connectivity index (χ2v) is 13.5. The minimum absolute atomic E-state index is 0.184. The molecular formula is C31H52O4. The maximum atomic E-state index is 12.8. The number of methoxy groups -OCH3 is 2. The zero-order valence-corrected chi connectivity index (χ0v) is 24.0. The Bertz CT molecular complexity index is 811. The first-order valence-corrected chi connectivity index (χ1v) is 14.2. The molecule has 0 aliphatic heterocycles. The third-order valence-corrected chi connectivity index (χ3v) is 10.8. The number of rotatable bonds is 9. The Kier molecular flexibility index (Phi) is 8.54. The third kappa shape index (κ3) is 5.10. The number of fused-ring (bicyclic) bond motifs is 3. The molecule has 200 valence electrons. The number of hydrogen-bond donors (Lipinski definition) is 0. The Balaban J connectivity index is 1.91. The van der Waals surface area contributed by atoms with Gasteiger partial charge in [0.2, 0.25) is 0 Å². The number of hydrogen-bond acceptors (Lipinski definition) is 4. The SMILES string of the molecule is COC(=O)C[C@]1(C)C(C(C)(C)C(=O)OC)=CC[C@H]2[C@@H]3CC[C@@H]([C@@H](C)CCCC(C)C)[C@@]3(C)CC[C@@H]21. The van der Waals surface area contributed by atoms with Crippen LogP contribution in [0.4, 0.5) is 0 Å². The fourth-order valence-corrected chi connectivity index (χ4v) is 9.05. The molecule has 0 saturated heterocycles. The molecular weight excluding hydrogens is 436 g/mol. The van der Waals surface area contributed by atoms with E-state index in [1.165, 1.54) is 52.7 Å². The standard InChI is InChI=1S/C31H52O4/c1-20(2)11-10-12-21(3)23-14-15-24-22-13-16-26(29(4,5)28(33)35-9)31(7,19-27(32)34-8)25(22)17-18-30(23,24)6/h16,20-25H,10-15,17-19H2,1-9H3/t21-,22-,23-,24-,25-,30+,31-/m0/s1. The molecule has 0 N–H and O–H groups in total. The summed E-state index contributed by atoms with van der Waals surface area (Å²) in [6.45, 7) is 15.9. The molecule has 0 aromatic heterocycles. The molecule has 3 aliphatic carbocycles. The van der Waals surface area contributed by atoms with Gasteiger partial charge in [-0.15, -0.1) is 0 Å². The number of ether oxygens (including phenoxy) is 2. The lowest BCUT2D eigenvalue weighted by Gasteiger charge is -2.58.